The molecule has 0 radical (unpaired) electrons. The van der Waals surface area contributed by atoms with Crippen LogP contribution >= 0.6 is 0 Å². The molecular weight excluding hydrogens is 341 g/mol. The summed E-state index contributed by atoms with van der Waals surface area (Å²) in [7, 11) is 0. The van der Waals surface area contributed by atoms with Gasteiger partial charge in [-0.25, -0.2) is 9.37 Å². The lowest BCUT2D eigenvalue weighted by atomic mass is 10.0. The van der Waals surface area contributed by atoms with E-state index in [0.29, 0.717) is 16.8 Å². The number of pyridine rings is 1. The van der Waals surface area contributed by atoms with Crippen molar-refractivity contribution >= 4 is 16.9 Å². The summed E-state index contributed by atoms with van der Waals surface area (Å²) in [6, 6.07) is 17.8. The van der Waals surface area contributed by atoms with Crippen LogP contribution < -0.4 is 5.32 Å². The zero-order chi connectivity index (χ0) is 18.8. The fourth-order valence-corrected chi connectivity index (χ4v) is 3.11. The van der Waals surface area contributed by atoms with Crippen molar-refractivity contribution in [1.82, 2.24) is 15.3 Å². The number of H-pyrrole nitrogens is 1. The van der Waals surface area contributed by atoms with E-state index in [9.17, 15) is 9.18 Å². The Bertz CT molecular complexity index is 1100. The summed E-state index contributed by atoms with van der Waals surface area (Å²) in [4.78, 5) is 20.2. The number of aromatic amines is 1. The molecule has 2 heterocycles. The second kappa shape index (κ2) is 7.03. The van der Waals surface area contributed by atoms with Gasteiger partial charge in [-0.05, 0) is 36.2 Å². The minimum absolute atomic E-state index is 0.231. The number of amides is 1. The highest BCUT2D eigenvalue weighted by molar-refractivity contribution is 6.06. The van der Waals surface area contributed by atoms with E-state index >= 15 is 0 Å². The lowest BCUT2D eigenvalue weighted by Crippen LogP contribution is -2.26. The quantitative estimate of drug-likeness (QED) is 0.547. The van der Waals surface area contributed by atoms with Crippen LogP contribution in [0.5, 0.6) is 0 Å². The van der Waals surface area contributed by atoms with Gasteiger partial charge in [0.05, 0.1) is 11.6 Å². The molecule has 4 nitrogen and oxygen atoms in total. The molecule has 2 aromatic heterocycles. The summed E-state index contributed by atoms with van der Waals surface area (Å²) >= 11 is 0. The molecule has 27 heavy (non-hydrogen) atoms. The molecule has 0 aliphatic carbocycles. The number of carbonyl (C=O) groups excluding carboxylic acids is 1. The van der Waals surface area contributed by atoms with Crippen LogP contribution in [0.4, 0.5) is 4.39 Å². The first-order valence-corrected chi connectivity index (χ1v) is 8.71. The maximum absolute atomic E-state index is 13.4. The van der Waals surface area contributed by atoms with Gasteiger partial charge < -0.3 is 10.3 Å². The van der Waals surface area contributed by atoms with Gasteiger partial charge in [-0.1, -0.05) is 42.5 Å². The predicted molar refractivity (Wildman–Crippen MR) is 104 cm³/mol. The SMILES string of the molecule is C[C@H](NC(=O)c1c[nH]c2ncc(-c3ccccc3)cc12)c1cccc(F)c1. The molecule has 2 N–H and O–H groups in total. The normalized spacial score (nSPS) is 12.1. The van der Waals surface area contributed by atoms with Crippen molar-refractivity contribution < 1.29 is 9.18 Å². The highest BCUT2D eigenvalue weighted by Gasteiger charge is 2.17. The van der Waals surface area contributed by atoms with Gasteiger partial charge in [0, 0.05) is 23.3 Å². The van der Waals surface area contributed by atoms with Crippen LogP contribution in [0.25, 0.3) is 22.2 Å². The predicted octanol–water partition coefficient (Wildman–Crippen LogP) is 4.86. The van der Waals surface area contributed by atoms with Gasteiger partial charge in [0.2, 0.25) is 0 Å². The second-order valence-corrected chi connectivity index (χ2v) is 6.44. The lowest BCUT2D eigenvalue weighted by Gasteiger charge is -2.14. The Kier molecular flexibility index (Phi) is 4.42. The Morgan fingerprint density at radius 1 is 1.07 bits per heavy atom. The molecule has 1 amide bonds. The molecule has 2 aromatic carbocycles. The number of rotatable bonds is 4. The molecule has 0 saturated carbocycles. The number of nitrogens with one attached hydrogen (secondary N) is 2. The van der Waals surface area contributed by atoms with Crippen LogP contribution in [0.15, 0.2) is 73.1 Å². The fraction of sp³-hybridized carbons (Fsp3) is 0.0909. The Morgan fingerprint density at radius 3 is 2.67 bits per heavy atom. The maximum Gasteiger partial charge on any atom is 0.253 e. The van der Waals surface area contributed by atoms with Crippen molar-refractivity contribution in [2.24, 2.45) is 0 Å². The number of halogens is 1. The highest BCUT2D eigenvalue weighted by atomic mass is 19.1. The summed E-state index contributed by atoms with van der Waals surface area (Å²) in [6.45, 7) is 1.83. The molecule has 0 spiro atoms. The third kappa shape index (κ3) is 3.44. The maximum atomic E-state index is 13.4. The van der Waals surface area contributed by atoms with Gasteiger partial charge in [0.1, 0.15) is 11.5 Å². The Hall–Kier alpha value is -3.47. The number of hydrogen-bond donors (Lipinski definition) is 2. The molecule has 4 rings (SSSR count). The van der Waals surface area contributed by atoms with E-state index in [2.05, 4.69) is 15.3 Å². The monoisotopic (exact) mass is 359 g/mol. The largest absolute Gasteiger partial charge is 0.345 e. The van der Waals surface area contributed by atoms with E-state index in [4.69, 9.17) is 0 Å². The number of hydrogen-bond acceptors (Lipinski definition) is 2. The number of nitrogens with zero attached hydrogens (tertiary/aromatic N) is 1. The average Bonchev–Trinajstić information content (AvgIpc) is 3.12. The minimum Gasteiger partial charge on any atom is -0.345 e. The smallest absolute Gasteiger partial charge is 0.253 e. The van der Waals surface area contributed by atoms with E-state index in [-0.39, 0.29) is 17.8 Å². The Morgan fingerprint density at radius 2 is 1.89 bits per heavy atom. The van der Waals surface area contributed by atoms with E-state index in [1.54, 1.807) is 24.5 Å². The van der Waals surface area contributed by atoms with Crippen molar-refractivity contribution in [3.63, 3.8) is 0 Å². The molecule has 0 saturated heterocycles. The first kappa shape index (κ1) is 17.0. The summed E-state index contributed by atoms with van der Waals surface area (Å²) in [5.41, 5.74) is 3.85. The van der Waals surface area contributed by atoms with E-state index in [0.717, 1.165) is 16.5 Å². The van der Waals surface area contributed by atoms with Gasteiger partial charge >= 0.3 is 0 Å². The van der Waals surface area contributed by atoms with Gasteiger partial charge in [-0.3, -0.25) is 4.79 Å². The van der Waals surface area contributed by atoms with Crippen molar-refractivity contribution in [2.45, 2.75) is 13.0 Å². The fourth-order valence-electron chi connectivity index (χ4n) is 3.11. The first-order valence-electron chi connectivity index (χ1n) is 8.71. The lowest BCUT2D eigenvalue weighted by molar-refractivity contribution is 0.0941. The van der Waals surface area contributed by atoms with E-state index in [1.807, 2.05) is 43.3 Å². The van der Waals surface area contributed by atoms with Gasteiger partial charge in [-0.2, -0.15) is 0 Å². The number of benzene rings is 2. The molecule has 134 valence electrons. The van der Waals surface area contributed by atoms with E-state index < -0.39 is 0 Å². The van der Waals surface area contributed by atoms with Crippen LogP contribution in [0.2, 0.25) is 0 Å². The van der Waals surface area contributed by atoms with Crippen LogP contribution in [-0.2, 0) is 0 Å². The molecule has 0 unspecified atom stereocenters. The summed E-state index contributed by atoms with van der Waals surface area (Å²) in [6.07, 6.45) is 3.44. The van der Waals surface area contributed by atoms with Crippen LogP contribution in [0, 0.1) is 5.82 Å². The molecule has 1 atom stereocenters. The Labute approximate surface area is 156 Å². The van der Waals surface area contributed by atoms with Crippen LogP contribution in [0.1, 0.15) is 28.9 Å². The van der Waals surface area contributed by atoms with Crippen molar-refractivity contribution in [3.05, 3.63) is 90.0 Å². The summed E-state index contributed by atoms with van der Waals surface area (Å²) in [5.74, 6) is -0.553. The van der Waals surface area contributed by atoms with Crippen molar-refractivity contribution in [2.75, 3.05) is 0 Å². The summed E-state index contributed by atoms with van der Waals surface area (Å²) in [5, 5.41) is 3.67. The molecule has 4 aromatic rings. The zero-order valence-electron chi connectivity index (χ0n) is 14.7. The number of aromatic nitrogens is 2. The van der Waals surface area contributed by atoms with E-state index in [1.165, 1.54) is 12.1 Å². The van der Waals surface area contributed by atoms with Crippen LogP contribution in [-0.4, -0.2) is 15.9 Å². The topological polar surface area (TPSA) is 57.8 Å². The van der Waals surface area contributed by atoms with Crippen molar-refractivity contribution in [3.8, 4) is 11.1 Å². The third-order valence-corrected chi connectivity index (χ3v) is 4.58. The molecule has 5 heteroatoms. The molecular formula is C22H18FN3O. The van der Waals surface area contributed by atoms with Gasteiger partial charge in [0.25, 0.3) is 5.91 Å². The highest BCUT2D eigenvalue weighted by Crippen LogP contribution is 2.25. The zero-order valence-corrected chi connectivity index (χ0v) is 14.7. The average molecular weight is 359 g/mol. The second-order valence-electron chi connectivity index (χ2n) is 6.44. The first-order chi connectivity index (χ1) is 13.1. The van der Waals surface area contributed by atoms with Crippen LogP contribution in [0.3, 0.4) is 0 Å². The molecule has 0 bridgehead atoms. The number of carbonyl (C=O) groups is 1. The minimum atomic E-state index is -0.322. The molecule has 0 aliphatic rings. The third-order valence-electron chi connectivity index (χ3n) is 4.58. The Balaban J connectivity index is 1.64. The number of fused-ring (bicyclic) bond motifs is 1. The van der Waals surface area contributed by atoms with Gasteiger partial charge in [0.15, 0.2) is 0 Å². The molecule has 0 aliphatic heterocycles. The van der Waals surface area contributed by atoms with Gasteiger partial charge in [-0.15, -0.1) is 0 Å². The summed E-state index contributed by atoms with van der Waals surface area (Å²) < 4.78 is 13.4. The molecule has 0 fully saturated rings. The van der Waals surface area contributed by atoms with Crippen molar-refractivity contribution in [1.29, 1.82) is 0 Å². The standard InChI is InChI=1S/C22H18FN3O/c1-14(16-8-5-9-18(23)10-16)26-22(27)20-13-25-21-19(20)11-17(12-24-21)15-6-3-2-4-7-15/h2-14H,1H3,(H,24,25)(H,26,27)/t14-/m0/s1.